The molecule has 2 rings (SSSR count). The molecule has 116 valence electrons. The lowest BCUT2D eigenvalue weighted by molar-refractivity contribution is 0.416. The normalized spacial score (nSPS) is 11.3. The summed E-state index contributed by atoms with van der Waals surface area (Å²) in [4.78, 5) is 8.58. The van der Waals surface area contributed by atoms with Crippen LogP contribution >= 0.6 is 23.4 Å². The first kappa shape index (κ1) is 16.6. The Kier molecular flexibility index (Phi) is 4.94. The van der Waals surface area contributed by atoms with Crippen molar-refractivity contribution in [2.24, 2.45) is 0 Å². The molecule has 2 aromatic heterocycles. The topological polar surface area (TPSA) is 79.4 Å². The monoisotopic (exact) mass is 336 g/mol. The van der Waals surface area contributed by atoms with Crippen LogP contribution in [0.4, 0.5) is 11.6 Å². The SMILES string of the molecule is CCSc1nc(Nc2cn(C(C)(C)C#N)nc2C)ncc1Cl. The van der Waals surface area contributed by atoms with Gasteiger partial charge >= 0.3 is 0 Å². The molecule has 0 aliphatic carbocycles. The number of hydrogen-bond acceptors (Lipinski definition) is 6. The zero-order chi connectivity index (χ0) is 16.3. The summed E-state index contributed by atoms with van der Waals surface area (Å²) in [6, 6.07) is 2.22. The Bertz CT molecular complexity index is 719. The molecule has 0 atom stereocenters. The highest BCUT2D eigenvalue weighted by atomic mass is 35.5. The molecule has 0 aromatic carbocycles. The highest BCUT2D eigenvalue weighted by molar-refractivity contribution is 7.99. The average molecular weight is 337 g/mol. The average Bonchev–Trinajstić information content (AvgIpc) is 2.85. The molecule has 0 unspecified atom stereocenters. The summed E-state index contributed by atoms with van der Waals surface area (Å²) >= 11 is 7.62. The van der Waals surface area contributed by atoms with Crippen LogP contribution in [0, 0.1) is 18.3 Å². The molecular formula is C14H17ClN6S. The van der Waals surface area contributed by atoms with E-state index in [0.717, 1.165) is 22.2 Å². The van der Waals surface area contributed by atoms with E-state index >= 15 is 0 Å². The van der Waals surface area contributed by atoms with E-state index in [1.165, 1.54) is 0 Å². The van der Waals surface area contributed by atoms with E-state index in [2.05, 4.69) is 26.5 Å². The van der Waals surface area contributed by atoms with Gasteiger partial charge in [0.05, 0.1) is 34.9 Å². The summed E-state index contributed by atoms with van der Waals surface area (Å²) < 4.78 is 1.63. The fraction of sp³-hybridized carbons (Fsp3) is 0.429. The van der Waals surface area contributed by atoms with Crippen molar-refractivity contribution in [3.8, 4) is 6.07 Å². The van der Waals surface area contributed by atoms with Gasteiger partial charge in [-0.2, -0.15) is 10.4 Å². The summed E-state index contributed by atoms with van der Waals surface area (Å²) in [5.74, 6) is 1.33. The standard InChI is InChI=1S/C14H17ClN6S/c1-5-22-12-10(15)6-17-13(19-12)18-11-7-21(20-9(11)2)14(3,4)8-16/h6-7H,5H2,1-4H3,(H,17,18,19). The Morgan fingerprint density at radius 1 is 1.50 bits per heavy atom. The van der Waals surface area contributed by atoms with Crippen LogP contribution < -0.4 is 5.32 Å². The zero-order valence-corrected chi connectivity index (χ0v) is 14.5. The maximum atomic E-state index is 9.19. The van der Waals surface area contributed by atoms with E-state index < -0.39 is 5.54 Å². The second-order valence-electron chi connectivity index (χ2n) is 5.15. The lowest BCUT2D eigenvalue weighted by Crippen LogP contribution is -2.24. The van der Waals surface area contributed by atoms with Crippen molar-refractivity contribution >= 4 is 35.0 Å². The number of halogens is 1. The molecular weight excluding hydrogens is 320 g/mol. The Hall–Kier alpha value is -1.78. The summed E-state index contributed by atoms with van der Waals surface area (Å²) in [5, 5.41) is 18.0. The third-order valence-electron chi connectivity index (χ3n) is 2.98. The van der Waals surface area contributed by atoms with Crippen LogP contribution in [-0.2, 0) is 5.54 Å². The van der Waals surface area contributed by atoms with Gasteiger partial charge in [0.25, 0.3) is 0 Å². The predicted molar refractivity (Wildman–Crippen MR) is 88.6 cm³/mol. The third kappa shape index (κ3) is 3.51. The van der Waals surface area contributed by atoms with E-state index in [9.17, 15) is 5.26 Å². The molecule has 22 heavy (non-hydrogen) atoms. The van der Waals surface area contributed by atoms with Crippen molar-refractivity contribution in [3.63, 3.8) is 0 Å². The number of aromatic nitrogens is 4. The highest BCUT2D eigenvalue weighted by Gasteiger charge is 2.22. The number of nitrogens with one attached hydrogen (secondary N) is 1. The second kappa shape index (κ2) is 6.55. The first-order valence-electron chi connectivity index (χ1n) is 6.77. The fourth-order valence-electron chi connectivity index (χ4n) is 1.69. The van der Waals surface area contributed by atoms with Crippen molar-refractivity contribution in [1.82, 2.24) is 19.7 Å². The van der Waals surface area contributed by atoms with Crippen LogP contribution in [0.5, 0.6) is 0 Å². The van der Waals surface area contributed by atoms with Crippen LogP contribution in [-0.4, -0.2) is 25.5 Å². The summed E-state index contributed by atoms with van der Waals surface area (Å²) in [5.41, 5.74) is 0.819. The fourth-order valence-corrected chi connectivity index (χ4v) is 2.56. The van der Waals surface area contributed by atoms with E-state index in [-0.39, 0.29) is 0 Å². The molecule has 0 radical (unpaired) electrons. The van der Waals surface area contributed by atoms with E-state index in [1.54, 1.807) is 42.7 Å². The van der Waals surface area contributed by atoms with Gasteiger partial charge in [-0.3, -0.25) is 4.68 Å². The number of nitrogens with zero attached hydrogens (tertiary/aromatic N) is 5. The second-order valence-corrected chi connectivity index (χ2v) is 6.81. The molecule has 0 bridgehead atoms. The maximum absolute atomic E-state index is 9.19. The minimum absolute atomic E-state index is 0.456. The first-order valence-corrected chi connectivity index (χ1v) is 8.14. The smallest absolute Gasteiger partial charge is 0.228 e. The van der Waals surface area contributed by atoms with Crippen molar-refractivity contribution in [2.45, 2.75) is 38.3 Å². The minimum atomic E-state index is -0.714. The molecule has 8 heteroatoms. The molecule has 0 fully saturated rings. The maximum Gasteiger partial charge on any atom is 0.228 e. The molecule has 2 heterocycles. The van der Waals surface area contributed by atoms with Gasteiger partial charge in [0, 0.05) is 0 Å². The number of nitriles is 1. The van der Waals surface area contributed by atoms with Gasteiger partial charge in [0.15, 0.2) is 0 Å². The van der Waals surface area contributed by atoms with E-state index in [4.69, 9.17) is 11.6 Å². The van der Waals surface area contributed by atoms with Crippen LogP contribution in [0.2, 0.25) is 5.02 Å². The molecule has 0 saturated heterocycles. The first-order chi connectivity index (χ1) is 10.4. The number of aryl methyl sites for hydroxylation is 1. The molecule has 1 N–H and O–H groups in total. The lowest BCUT2D eigenvalue weighted by atomic mass is 10.1. The molecule has 0 saturated carbocycles. The van der Waals surface area contributed by atoms with Gasteiger partial charge < -0.3 is 5.32 Å². The number of thioether (sulfide) groups is 1. The molecule has 0 amide bonds. The van der Waals surface area contributed by atoms with Gasteiger partial charge in [-0.25, -0.2) is 9.97 Å². The third-order valence-corrected chi connectivity index (χ3v) is 4.25. The predicted octanol–water partition coefficient (Wildman–Crippen LogP) is 3.75. The van der Waals surface area contributed by atoms with Crippen LogP contribution in [0.15, 0.2) is 17.4 Å². The Balaban J connectivity index is 2.28. The Morgan fingerprint density at radius 2 is 2.23 bits per heavy atom. The van der Waals surface area contributed by atoms with Gasteiger partial charge in [-0.05, 0) is 26.5 Å². The summed E-state index contributed by atoms with van der Waals surface area (Å²) in [7, 11) is 0. The molecule has 0 aliphatic heterocycles. The van der Waals surface area contributed by atoms with Crippen molar-refractivity contribution < 1.29 is 0 Å². The van der Waals surface area contributed by atoms with Gasteiger partial charge in [0.2, 0.25) is 5.95 Å². The quantitative estimate of drug-likeness (QED) is 0.661. The van der Waals surface area contributed by atoms with Gasteiger partial charge in [-0.15, -0.1) is 11.8 Å². The molecule has 2 aromatic rings. The molecule has 6 nitrogen and oxygen atoms in total. The van der Waals surface area contributed by atoms with Crippen molar-refractivity contribution in [3.05, 3.63) is 23.1 Å². The minimum Gasteiger partial charge on any atom is -0.321 e. The van der Waals surface area contributed by atoms with Crippen LogP contribution in [0.3, 0.4) is 0 Å². The van der Waals surface area contributed by atoms with Gasteiger partial charge in [-0.1, -0.05) is 18.5 Å². The Morgan fingerprint density at radius 3 is 2.86 bits per heavy atom. The van der Waals surface area contributed by atoms with E-state index in [0.29, 0.717) is 11.0 Å². The number of hydrogen-bond donors (Lipinski definition) is 1. The largest absolute Gasteiger partial charge is 0.321 e. The summed E-state index contributed by atoms with van der Waals surface area (Å²) in [6.45, 7) is 7.51. The van der Waals surface area contributed by atoms with Crippen LogP contribution in [0.25, 0.3) is 0 Å². The lowest BCUT2D eigenvalue weighted by Gasteiger charge is -2.15. The number of anilines is 2. The van der Waals surface area contributed by atoms with E-state index in [1.807, 2.05) is 13.8 Å². The van der Waals surface area contributed by atoms with Crippen LogP contribution in [0.1, 0.15) is 26.5 Å². The van der Waals surface area contributed by atoms with Gasteiger partial charge in [0.1, 0.15) is 10.6 Å². The summed E-state index contributed by atoms with van der Waals surface area (Å²) in [6.07, 6.45) is 3.36. The zero-order valence-electron chi connectivity index (χ0n) is 12.9. The molecule has 0 aliphatic rings. The molecule has 0 spiro atoms. The Labute approximate surface area is 138 Å². The highest BCUT2D eigenvalue weighted by Crippen LogP contribution is 2.27. The van der Waals surface area contributed by atoms with Crippen molar-refractivity contribution in [1.29, 1.82) is 5.26 Å². The van der Waals surface area contributed by atoms with Crippen molar-refractivity contribution in [2.75, 3.05) is 11.1 Å². The number of rotatable bonds is 5.